The Morgan fingerprint density at radius 2 is 2.08 bits per heavy atom. The zero-order valence-corrected chi connectivity index (χ0v) is 16.5. The van der Waals surface area contributed by atoms with Crippen LogP contribution in [0.2, 0.25) is 0 Å². The third-order valence-corrected chi connectivity index (χ3v) is 7.21. The Kier molecular flexibility index (Phi) is 5.24. The van der Waals surface area contributed by atoms with Crippen molar-refractivity contribution in [3.63, 3.8) is 0 Å². The number of carbonyl (C=O) groups is 1. The van der Waals surface area contributed by atoms with E-state index < -0.39 is 0 Å². The second-order valence-corrected chi connectivity index (χ2v) is 9.12. The number of carbonyl (C=O) groups excluding carboxylic acids is 1. The van der Waals surface area contributed by atoms with Gasteiger partial charge in [0, 0.05) is 38.8 Å². The minimum Gasteiger partial charge on any atom is -0.378 e. The number of rotatable bonds is 6. The lowest BCUT2D eigenvalue weighted by Crippen LogP contribution is -2.37. The molecule has 0 spiro atoms. The molecule has 0 aromatic heterocycles. The monoisotopic (exact) mass is 354 g/mol. The molecule has 0 N–H and O–H groups in total. The van der Waals surface area contributed by atoms with Gasteiger partial charge in [0.05, 0.1) is 0 Å². The zero-order valence-electron chi connectivity index (χ0n) is 16.5. The first-order chi connectivity index (χ1) is 12.6. The third kappa shape index (κ3) is 3.77. The number of aryl methyl sites for hydroxylation is 1. The molecule has 1 aliphatic heterocycles. The number of hydrogen-bond donors (Lipinski definition) is 0. The highest BCUT2D eigenvalue weighted by Gasteiger charge is 2.41. The second-order valence-electron chi connectivity index (χ2n) is 9.12. The van der Waals surface area contributed by atoms with Crippen LogP contribution in [0.3, 0.4) is 0 Å². The molecule has 0 radical (unpaired) electrons. The number of anilines is 1. The predicted molar refractivity (Wildman–Crippen MR) is 107 cm³/mol. The molecule has 3 fully saturated rings. The Balaban J connectivity index is 1.31. The van der Waals surface area contributed by atoms with Crippen LogP contribution >= 0.6 is 0 Å². The van der Waals surface area contributed by atoms with E-state index in [2.05, 4.69) is 48.2 Å². The van der Waals surface area contributed by atoms with Gasteiger partial charge in [-0.05, 0) is 80.4 Å². The number of amides is 1. The van der Waals surface area contributed by atoms with Crippen LogP contribution in [0.15, 0.2) is 24.3 Å². The van der Waals surface area contributed by atoms with Crippen LogP contribution in [-0.4, -0.2) is 37.5 Å². The fourth-order valence-electron chi connectivity index (χ4n) is 5.81. The molecule has 4 atom stereocenters. The Bertz CT molecular complexity index is 641. The first-order valence-electron chi connectivity index (χ1n) is 10.7. The van der Waals surface area contributed by atoms with Crippen molar-refractivity contribution in [1.29, 1.82) is 0 Å². The SMILES string of the molecule is CN(C)c1cccc(CCC(=O)N2CCCC2CC2CC3CCC2C3)c1. The van der Waals surface area contributed by atoms with Crippen LogP contribution in [0.5, 0.6) is 0 Å². The van der Waals surface area contributed by atoms with Gasteiger partial charge in [0.1, 0.15) is 0 Å². The molecule has 26 heavy (non-hydrogen) atoms. The highest BCUT2D eigenvalue weighted by atomic mass is 16.2. The molecule has 1 amide bonds. The van der Waals surface area contributed by atoms with E-state index in [0.29, 0.717) is 18.4 Å². The highest BCUT2D eigenvalue weighted by molar-refractivity contribution is 5.77. The lowest BCUT2D eigenvalue weighted by molar-refractivity contribution is -0.132. The summed E-state index contributed by atoms with van der Waals surface area (Å²) in [5, 5.41) is 0. The summed E-state index contributed by atoms with van der Waals surface area (Å²) < 4.78 is 0. The summed E-state index contributed by atoms with van der Waals surface area (Å²) in [5.41, 5.74) is 2.48. The topological polar surface area (TPSA) is 23.6 Å². The van der Waals surface area contributed by atoms with Crippen LogP contribution in [0.4, 0.5) is 5.69 Å². The number of hydrogen-bond acceptors (Lipinski definition) is 2. The fourth-order valence-corrected chi connectivity index (χ4v) is 5.81. The summed E-state index contributed by atoms with van der Waals surface area (Å²) in [7, 11) is 4.13. The number of benzene rings is 1. The summed E-state index contributed by atoms with van der Waals surface area (Å²) in [6.45, 7) is 0.988. The molecule has 1 heterocycles. The Morgan fingerprint density at radius 1 is 1.19 bits per heavy atom. The van der Waals surface area contributed by atoms with E-state index >= 15 is 0 Å². The van der Waals surface area contributed by atoms with Gasteiger partial charge in [0.2, 0.25) is 5.91 Å². The molecule has 2 bridgehead atoms. The summed E-state index contributed by atoms with van der Waals surface area (Å²) in [5.74, 6) is 3.28. The lowest BCUT2D eigenvalue weighted by Gasteiger charge is -2.30. The highest BCUT2D eigenvalue weighted by Crippen LogP contribution is 2.50. The second kappa shape index (κ2) is 7.62. The van der Waals surface area contributed by atoms with Crippen LogP contribution in [0.1, 0.15) is 56.9 Å². The van der Waals surface area contributed by atoms with E-state index in [-0.39, 0.29) is 0 Å². The predicted octanol–water partition coefficient (Wildman–Crippen LogP) is 4.50. The van der Waals surface area contributed by atoms with Crippen LogP contribution < -0.4 is 4.90 Å². The first kappa shape index (κ1) is 17.9. The van der Waals surface area contributed by atoms with E-state index in [0.717, 1.165) is 30.7 Å². The van der Waals surface area contributed by atoms with Crippen molar-refractivity contribution < 1.29 is 4.79 Å². The van der Waals surface area contributed by atoms with E-state index in [1.807, 2.05) is 0 Å². The zero-order chi connectivity index (χ0) is 18.1. The average molecular weight is 355 g/mol. The van der Waals surface area contributed by atoms with E-state index in [9.17, 15) is 4.79 Å². The Labute approximate surface area is 158 Å². The minimum absolute atomic E-state index is 0.380. The van der Waals surface area contributed by atoms with Crippen molar-refractivity contribution in [3.8, 4) is 0 Å². The summed E-state index contributed by atoms with van der Waals surface area (Å²) >= 11 is 0. The van der Waals surface area contributed by atoms with Crippen molar-refractivity contribution in [2.24, 2.45) is 17.8 Å². The standard InChI is InChI=1S/C23H34N2O/c1-24(2)21-6-3-5-17(15-21)9-11-23(26)25-12-4-7-22(25)16-20-14-18-8-10-19(20)13-18/h3,5-6,15,18-20,22H,4,7-14,16H2,1-2H3. The molecule has 142 valence electrons. The van der Waals surface area contributed by atoms with Crippen molar-refractivity contribution in [2.75, 3.05) is 25.5 Å². The molecular weight excluding hydrogens is 320 g/mol. The van der Waals surface area contributed by atoms with Crippen LogP contribution in [0.25, 0.3) is 0 Å². The van der Waals surface area contributed by atoms with Crippen molar-refractivity contribution in [1.82, 2.24) is 4.90 Å². The maximum absolute atomic E-state index is 12.9. The summed E-state index contributed by atoms with van der Waals surface area (Å²) in [4.78, 5) is 17.3. The molecule has 3 aliphatic rings. The molecule has 1 saturated heterocycles. The third-order valence-electron chi connectivity index (χ3n) is 7.21. The number of likely N-dealkylation sites (tertiary alicyclic amines) is 1. The maximum atomic E-state index is 12.9. The summed E-state index contributed by atoms with van der Waals surface area (Å²) in [6.07, 6.45) is 11.1. The molecule has 1 aromatic carbocycles. The Morgan fingerprint density at radius 3 is 2.81 bits per heavy atom. The van der Waals surface area contributed by atoms with Crippen molar-refractivity contribution in [3.05, 3.63) is 29.8 Å². The largest absolute Gasteiger partial charge is 0.378 e. The molecule has 4 unspecified atom stereocenters. The van der Waals surface area contributed by atoms with E-state index in [1.165, 1.54) is 56.2 Å². The van der Waals surface area contributed by atoms with E-state index in [1.54, 1.807) is 0 Å². The molecular formula is C23H34N2O. The van der Waals surface area contributed by atoms with Gasteiger partial charge in [0.15, 0.2) is 0 Å². The Hall–Kier alpha value is -1.51. The van der Waals surface area contributed by atoms with Crippen molar-refractivity contribution >= 4 is 11.6 Å². The summed E-state index contributed by atoms with van der Waals surface area (Å²) in [6, 6.07) is 9.11. The molecule has 3 nitrogen and oxygen atoms in total. The van der Waals surface area contributed by atoms with Gasteiger partial charge < -0.3 is 9.80 Å². The lowest BCUT2D eigenvalue weighted by atomic mass is 9.83. The molecule has 3 heteroatoms. The molecule has 1 aromatic rings. The van der Waals surface area contributed by atoms with Gasteiger partial charge in [-0.25, -0.2) is 0 Å². The van der Waals surface area contributed by atoms with Gasteiger partial charge in [-0.2, -0.15) is 0 Å². The maximum Gasteiger partial charge on any atom is 0.223 e. The van der Waals surface area contributed by atoms with Gasteiger partial charge in [-0.3, -0.25) is 4.79 Å². The molecule has 2 aliphatic carbocycles. The number of fused-ring (bicyclic) bond motifs is 2. The minimum atomic E-state index is 0.380. The van der Waals surface area contributed by atoms with Gasteiger partial charge >= 0.3 is 0 Å². The van der Waals surface area contributed by atoms with Gasteiger partial charge in [-0.15, -0.1) is 0 Å². The number of nitrogens with zero attached hydrogens (tertiary/aromatic N) is 2. The smallest absolute Gasteiger partial charge is 0.223 e. The molecule has 2 saturated carbocycles. The fraction of sp³-hybridized carbons (Fsp3) is 0.696. The van der Waals surface area contributed by atoms with Gasteiger partial charge in [0.25, 0.3) is 0 Å². The van der Waals surface area contributed by atoms with Crippen LogP contribution in [-0.2, 0) is 11.2 Å². The first-order valence-corrected chi connectivity index (χ1v) is 10.7. The normalized spacial score (nSPS) is 30.2. The van der Waals surface area contributed by atoms with E-state index in [4.69, 9.17) is 0 Å². The van der Waals surface area contributed by atoms with Gasteiger partial charge in [-0.1, -0.05) is 18.6 Å². The average Bonchev–Trinajstić information content (AvgIpc) is 3.37. The van der Waals surface area contributed by atoms with Crippen molar-refractivity contribution in [2.45, 2.75) is 63.8 Å². The quantitative estimate of drug-likeness (QED) is 0.751. The van der Waals surface area contributed by atoms with Crippen LogP contribution in [0, 0.1) is 17.8 Å². The molecule has 4 rings (SSSR count).